The normalized spacial score (nSPS) is 17.2. The Morgan fingerprint density at radius 2 is 2.10 bits per heavy atom. The molecule has 1 aliphatic rings. The number of halogens is 3. The highest BCUT2D eigenvalue weighted by Gasteiger charge is 2.32. The van der Waals surface area contributed by atoms with E-state index in [0.29, 0.717) is 42.2 Å². The highest BCUT2D eigenvalue weighted by Crippen LogP contribution is 2.29. The topological polar surface area (TPSA) is 94.5 Å². The van der Waals surface area contributed by atoms with Crippen molar-refractivity contribution in [2.75, 3.05) is 36.4 Å². The Bertz CT molecular complexity index is 1140. The van der Waals surface area contributed by atoms with Crippen molar-refractivity contribution in [3.8, 4) is 0 Å². The lowest BCUT2D eigenvalue weighted by atomic mass is 10.1. The average molecular weight is 435 g/mol. The first kappa shape index (κ1) is 20.8. The van der Waals surface area contributed by atoms with Crippen molar-refractivity contribution in [3.63, 3.8) is 0 Å². The molecule has 1 fully saturated rings. The van der Waals surface area contributed by atoms with Gasteiger partial charge in [0.2, 0.25) is 5.91 Å². The number of H-pyrrole nitrogens is 1. The van der Waals surface area contributed by atoms with Gasteiger partial charge >= 0.3 is 11.9 Å². The first-order valence-corrected chi connectivity index (χ1v) is 9.65. The van der Waals surface area contributed by atoms with Gasteiger partial charge in [-0.3, -0.25) is 9.78 Å². The smallest absolute Gasteiger partial charge is 0.408 e. The van der Waals surface area contributed by atoms with Crippen molar-refractivity contribution >= 4 is 28.5 Å². The number of nitrogens with one attached hydrogen (secondary N) is 2. The predicted molar refractivity (Wildman–Crippen MR) is 108 cm³/mol. The molecular weight excluding hydrogens is 415 g/mol. The van der Waals surface area contributed by atoms with Crippen molar-refractivity contribution in [2.45, 2.75) is 19.1 Å². The number of benzene rings is 1. The fourth-order valence-electron chi connectivity index (χ4n) is 3.61. The molecule has 1 saturated heterocycles. The Morgan fingerprint density at radius 1 is 1.29 bits per heavy atom. The van der Waals surface area contributed by atoms with E-state index >= 15 is 0 Å². The summed E-state index contributed by atoms with van der Waals surface area (Å²) in [5.74, 6) is -0.202. The average Bonchev–Trinajstić information content (AvgIpc) is 3.10. The molecular formula is C20H20F3N5O3. The standard InChI is InChI=1S/C20H20F3N5O3/c1-12-11-27(17-5-2-13(9-25-17)20(21,22)23)6-7-28(12)18(29)10-24-14-3-4-15-16(8-14)31-19(30)26-15/h2-5,8-9,12,24H,6-7,10-11H2,1H3,(H,26,30)/t12-/m1/s1. The second-order valence-corrected chi connectivity index (χ2v) is 7.36. The Morgan fingerprint density at radius 3 is 2.77 bits per heavy atom. The lowest BCUT2D eigenvalue weighted by molar-refractivity contribution is -0.138. The zero-order chi connectivity index (χ0) is 22.2. The zero-order valence-corrected chi connectivity index (χ0v) is 16.6. The molecule has 0 aliphatic carbocycles. The van der Waals surface area contributed by atoms with Gasteiger partial charge in [0.25, 0.3) is 0 Å². The molecule has 0 radical (unpaired) electrons. The molecule has 3 aromatic rings. The number of hydrogen-bond donors (Lipinski definition) is 2. The quantitative estimate of drug-likeness (QED) is 0.655. The minimum absolute atomic E-state index is 0.0586. The summed E-state index contributed by atoms with van der Waals surface area (Å²) in [5.41, 5.74) is 0.821. The number of rotatable bonds is 4. The van der Waals surface area contributed by atoms with Gasteiger partial charge in [-0.15, -0.1) is 0 Å². The number of piperazine rings is 1. The number of anilines is 2. The molecule has 2 aromatic heterocycles. The van der Waals surface area contributed by atoms with Gasteiger partial charge in [0.15, 0.2) is 5.58 Å². The predicted octanol–water partition coefficient (Wildman–Crippen LogP) is 2.68. The molecule has 0 saturated carbocycles. The summed E-state index contributed by atoms with van der Waals surface area (Å²) >= 11 is 0. The maximum Gasteiger partial charge on any atom is 0.417 e. The molecule has 2 N–H and O–H groups in total. The Hall–Kier alpha value is -3.50. The molecule has 1 aliphatic heterocycles. The van der Waals surface area contributed by atoms with Crippen LogP contribution in [0.3, 0.4) is 0 Å². The molecule has 8 nitrogen and oxygen atoms in total. The summed E-state index contributed by atoms with van der Waals surface area (Å²) in [5, 5.41) is 3.03. The van der Waals surface area contributed by atoms with E-state index in [1.165, 1.54) is 6.07 Å². The number of carbonyl (C=O) groups is 1. The van der Waals surface area contributed by atoms with Gasteiger partial charge in [-0.25, -0.2) is 9.78 Å². The van der Waals surface area contributed by atoms with E-state index in [2.05, 4.69) is 15.3 Å². The summed E-state index contributed by atoms with van der Waals surface area (Å²) in [6.07, 6.45) is -3.60. The number of aromatic amines is 1. The second kappa shape index (κ2) is 7.97. The van der Waals surface area contributed by atoms with E-state index in [0.717, 1.165) is 12.3 Å². The molecule has 31 heavy (non-hydrogen) atoms. The SMILES string of the molecule is C[C@@H]1CN(c2ccc(C(F)(F)F)cn2)CCN1C(=O)CNc1ccc2[nH]c(=O)oc2c1. The van der Waals surface area contributed by atoms with Crippen LogP contribution in [0.4, 0.5) is 24.7 Å². The Kier molecular flexibility index (Phi) is 5.34. The van der Waals surface area contributed by atoms with Crippen molar-refractivity contribution in [1.82, 2.24) is 14.9 Å². The summed E-state index contributed by atoms with van der Waals surface area (Å²) in [4.78, 5) is 34.0. The van der Waals surface area contributed by atoms with Crippen LogP contribution in [0.1, 0.15) is 12.5 Å². The molecule has 3 heterocycles. The minimum atomic E-state index is -4.42. The summed E-state index contributed by atoms with van der Waals surface area (Å²) in [6, 6.07) is 7.28. The summed E-state index contributed by atoms with van der Waals surface area (Å²) in [7, 11) is 0. The maximum atomic E-state index is 12.7. The van der Waals surface area contributed by atoms with Crippen molar-refractivity contribution in [3.05, 3.63) is 52.6 Å². The van der Waals surface area contributed by atoms with Crippen LogP contribution in [0.25, 0.3) is 11.1 Å². The Labute approximate surface area is 174 Å². The number of fused-ring (bicyclic) bond motifs is 1. The molecule has 0 bridgehead atoms. The molecule has 11 heteroatoms. The zero-order valence-electron chi connectivity index (χ0n) is 16.6. The van der Waals surface area contributed by atoms with Crippen LogP contribution in [-0.2, 0) is 11.0 Å². The fraction of sp³-hybridized carbons (Fsp3) is 0.350. The van der Waals surface area contributed by atoms with Gasteiger partial charge in [0.05, 0.1) is 17.6 Å². The lowest BCUT2D eigenvalue weighted by Crippen LogP contribution is -2.55. The van der Waals surface area contributed by atoms with Gasteiger partial charge in [0, 0.05) is 43.6 Å². The van der Waals surface area contributed by atoms with E-state index in [-0.39, 0.29) is 18.5 Å². The van der Waals surface area contributed by atoms with E-state index < -0.39 is 17.5 Å². The number of aromatic nitrogens is 2. The molecule has 1 atom stereocenters. The summed E-state index contributed by atoms with van der Waals surface area (Å²) < 4.78 is 43.1. The van der Waals surface area contributed by atoms with Gasteiger partial charge in [-0.05, 0) is 31.2 Å². The van der Waals surface area contributed by atoms with Gasteiger partial charge < -0.3 is 19.5 Å². The van der Waals surface area contributed by atoms with Crippen molar-refractivity contribution < 1.29 is 22.4 Å². The van der Waals surface area contributed by atoms with Crippen LogP contribution < -0.4 is 16.0 Å². The minimum Gasteiger partial charge on any atom is -0.408 e. The number of carbonyl (C=O) groups excluding carboxylic acids is 1. The summed E-state index contributed by atoms with van der Waals surface area (Å²) in [6.45, 7) is 3.30. The van der Waals surface area contributed by atoms with Gasteiger partial charge in [-0.2, -0.15) is 13.2 Å². The highest BCUT2D eigenvalue weighted by atomic mass is 19.4. The van der Waals surface area contributed by atoms with Crippen LogP contribution in [0, 0.1) is 0 Å². The van der Waals surface area contributed by atoms with Gasteiger partial charge in [-0.1, -0.05) is 0 Å². The molecule has 1 amide bonds. The van der Waals surface area contributed by atoms with Crippen molar-refractivity contribution in [1.29, 1.82) is 0 Å². The first-order chi connectivity index (χ1) is 14.7. The molecule has 0 unspecified atom stereocenters. The van der Waals surface area contributed by atoms with E-state index in [1.807, 2.05) is 11.8 Å². The van der Waals surface area contributed by atoms with Gasteiger partial charge in [0.1, 0.15) is 5.82 Å². The number of pyridine rings is 1. The number of amides is 1. The van der Waals surface area contributed by atoms with E-state index in [1.54, 1.807) is 23.1 Å². The third-order valence-corrected chi connectivity index (χ3v) is 5.21. The number of nitrogens with zero attached hydrogens (tertiary/aromatic N) is 3. The third-order valence-electron chi connectivity index (χ3n) is 5.21. The molecule has 4 rings (SSSR count). The monoisotopic (exact) mass is 435 g/mol. The molecule has 164 valence electrons. The first-order valence-electron chi connectivity index (χ1n) is 9.65. The molecule has 0 spiro atoms. The van der Waals surface area contributed by atoms with Crippen LogP contribution in [0.5, 0.6) is 0 Å². The number of hydrogen-bond acceptors (Lipinski definition) is 6. The van der Waals surface area contributed by atoms with Crippen LogP contribution >= 0.6 is 0 Å². The fourth-order valence-corrected chi connectivity index (χ4v) is 3.61. The Balaban J connectivity index is 1.34. The number of oxazole rings is 1. The number of alkyl halides is 3. The van der Waals surface area contributed by atoms with E-state index in [4.69, 9.17) is 4.42 Å². The van der Waals surface area contributed by atoms with Crippen LogP contribution in [0.2, 0.25) is 0 Å². The van der Waals surface area contributed by atoms with E-state index in [9.17, 15) is 22.8 Å². The third kappa shape index (κ3) is 4.49. The van der Waals surface area contributed by atoms with Crippen molar-refractivity contribution in [2.24, 2.45) is 0 Å². The highest BCUT2D eigenvalue weighted by molar-refractivity contribution is 5.83. The molecule has 1 aromatic carbocycles. The maximum absolute atomic E-state index is 12.7. The van der Waals surface area contributed by atoms with Crippen LogP contribution in [-0.4, -0.2) is 53.0 Å². The lowest BCUT2D eigenvalue weighted by Gasteiger charge is -2.40. The largest absolute Gasteiger partial charge is 0.417 e. The second-order valence-electron chi connectivity index (χ2n) is 7.36. The van der Waals surface area contributed by atoms with Crippen LogP contribution in [0.15, 0.2) is 45.7 Å².